The lowest BCUT2D eigenvalue weighted by Gasteiger charge is -2.20. The zero-order valence-electron chi connectivity index (χ0n) is 8.29. The number of hydrogen-bond donors (Lipinski definition) is 2. The van der Waals surface area contributed by atoms with Crippen molar-refractivity contribution in [2.24, 2.45) is 5.92 Å². The summed E-state index contributed by atoms with van der Waals surface area (Å²) in [5.74, 6) is 0.763. The Balaban J connectivity index is 2.12. The van der Waals surface area contributed by atoms with E-state index in [0.717, 1.165) is 12.3 Å². The van der Waals surface area contributed by atoms with Crippen molar-refractivity contribution < 1.29 is 4.79 Å². The molecule has 0 aromatic carbocycles. The maximum Gasteiger partial charge on any atom is 0.225 e. The zero-order chi connectivity index (χ0) is 10.4. The van der Waals surface area contributed by atoms with Crippen molar-refractivity contribution >= 4 is 35.1 Å². The van der Waals surface area contributed by atoms with Crippen LogP contribution in [0.5, 0.6) is 0 Å². The first kappa shape index (κ1) is 12.0. The standard InChI is InChI=1S/C10H17NOS2/c12-9(11-10(13)14)7-6-8-4-2-1-3-5-8/h8H,1-7H2,(H2,11,12,13,14). The Bertz CT molecular complexity index is 212. The van der Waals surface area contributed by atoms with Crippen LogP contribution in [0, 0.1) is 5.92 Å². The van der Waals surface area contributed by atoms with Gasteiger partial charge >= 0.3 is 0 Å². The van der Waals surface area contributed by atoms with Crippen LogP contribution in [0.25, 0.3) is 0 Å². The molecule has 0 saturated heterocycles. The Morgan fingerprint density at radius 1 is 1.36 bits per heavy atom. The lowest BCUT2D eigenvalue weighted by Crippen LogP contribution is -2.25. The molecule has 0 atom stereocenters. The molecule has 0 aromatic heterocycles. The minimum Gasteiger partial charge on any atom is -0.312 e. The van der Waals surface area contributed by atoms with Gasteiger partial charge in [-0.1, -0.05) is 44.3 Å². The summed E-state index contributed by atoms with van der Waals surface area (Å²) in [6.45, 7) is 0. The highest BCUT2D eigenvalue weighted by Gasteiger charge is 2.14. The number of nitrogens with one attached hydrogen (secondary N) is 1. The molecule has 0 aliphatic heterocycles. The number of thiocarbonyl (C=S) groups is 1. The Hall–Kier alpha value is -0.0900. The first-order valence-corrected chi connectivity index (χ1v) is 6.07. The van der Waals surface area contributed by atoms with Gasteiger partial charge in [0.25, 0.3) is 0 Å². The number of rotatable bonds is 3. The third kappa shape index (κ3) is 4.96. The molecule has 4 heteroatoms. The van der Waals surface area contributed by atoms with Crippen LogP contribution in [0.15, 0.2) is 0 Å². The number of carbonyl (C=O) groups is 1. The van der Waals surface area contributed by atoms with Crippen LogP contribution in [0.4, 0.5) is 0 Å². The monoisotopic (exact) mass is 231 g/mol. The minimum atomic E-state index is 0.00979. The van der Waals surface area contributed by atoms with E-state index in [4.69, 9.17) is 0 Å². The molecule has 1 aliphatic rings. The molecule has 14 heavy (non-hydrogen) atoms. The molecule has 0 heterocycles. The Labute approximate surface area is 96.2 Å². The normalized spacial score (nSPS) is 17.8. The lowest BCUT2D eigenvalue weighted by molar-refractivity contribution is -0.119. The largest absolute Gasteiger partial charge is 0.312 e. The fourth-order valence-electron chi connectivity index (χ4n) is 1.99. The second kappa shape index (κ2) is 6.40. The molecule has 1 N–H and O–H groups in total. The van der Waals surface area contributed by atoms with Crippen molar-refractivity contribution in [3.63, 3.8) is 0 Å². The van der Waals surface area contributed by atoms with Gasteiger partial charge in [0.1, 0.15) is 4.32 Å². The second-order valence-electron chi connectivity index (χ2n) is 3.90. The fraction of sp³-hybridized carbons (Fsp3) is 0.800. The van der Waals surface area contributed by atoms with Gasteiger partial charge < -0.3 is 5.32 Å². The van der Waals surface area contributed by atoms with Crippen molar-refractivity contribution in [2.75, 3.05) is 0 Å². The second-order valence-corrected chi connectivity index (χ2v) is 5.05. The SMILES string of the molecule is O=C(CCC1CCCCC1)NC(=S)S. The molecule has 80 valence electrons. The van der Waals surface area contributed by atoms with Gasteiger partial charge in [0.15, 0.2) is 0 Å². The van der Waals surface area contributed by atoms with Crippen LogP contribution >= 0.6 is 24.8 Å². The fourth-order valence-corrected chi connectivity index (χ4v) is 2.23. The van der Waals surface area contributed by atoms with Gasteiger partial charge in [0.05, 0.1) is 0 Å². The lowest BCUT2D eigenvalue weighted by atomic mass is 9.86. The average Bonchev–Trinajstić information content (AvgIpc) is 2.15. The summed E-state index contributed by atoms with van der Waals surface area (Å²) >= 11 is 8.53. The molecule has 1 rings (SSSR count). The molecule has 2 nitrogen and oxygen atoms in total. The molecule has 1 fully saturated rings. The van der Waals surface area contributed by atoms with E-state index in [9.17, 15) is 4.79 Å². The third-order valence-electron chi connectivity index (χ3n) is 2.75. The molecule has 1 saturated carbocycles. The summed E-state index contributed by atoms with van der Waals surface area (Å²) in [7, 11) is 0. The third-order valence-corrected chi connectivity index (χ3v) is 2.96. The van der Waals surface area contributed by atoms with Crippen molar-refractivity contribution in [3.05, 3.63) is 0 Å². The first-order chi connectivity index (χ1) is 6.68. The van der Waals surface area contributed by atoms with E-state index in [0.29, 0.717) is 6.42 Å². The maximum atomic E-state index is 11.2. The van der Waals surface area contributed by atoms with Gasteiger partial charge in [0.2, 0.25) is 5.91 Å². The van der Waals surface area contributed by atoms with Crippen LogP contribution in [0.3, 0.4) is 0 Å². The van der Waals surface area contributed by atoms with Crippen LogP contribution in [0.2, 0.25) is 0 Å². The van der Waals surface area contributed by atoms with Gasteiger partial charge in [-0.25, -0.2) is 0 Å². The van der Waals surface area contributed by atoms with Crippen molar-refractivity contribution in [1.29, 1.82) is 0 Å². The smallest absolute Gasteiger partial charge is 0.225 e. The van der Waals surface area contributed by atoms with E-state index in [1.165, 1.54) is 32.1 Å². The molecule has 0 radical (unpaired) electrons. The van der Waals surface area contributed by atoms with Crippen molar-refractivity contribution in [1.82, 2.24) is 5.32 Å². The Morgan fingerprint density at radius 3 is 2.57 bits per heavy atom. The van der Waals surface area contributed by atoms with Crippen molar-refractivity contribution in [3.8, 4) is 0 Å². The van der Waals surface area contributed by atoms with Gasteiger partial charge in [-0.3, -0.25) is 4.79 Å². The molecule has 0 spiro atoms. The van der Waals surface area contributed by atoms with Gasteiger partial charge in [0, 0.05) is 6.42 Å². The van der Waals surface area contributed by atoms with Gasteiger partial charge in [-0.2, -0.15) is 0 Å². The number of hydrogen-bond acceptors (Lipinski definition) is 2. The molecular formula is C10H17NOS2. The summed E-state index contributed by atoms with van der Waals surface area (Å²) in [5.41, 5.74) is 0. The average molecular weight is 231 g/mol. The molecule has 0 bridgehead atoms. The molecule has 0 unspecified atom stereocenters. The topological polar surface area (TPSA) is 29.1 Å². The van der Waals surface area contributed by atoms with Crippen LogP contribution in [-0.2, 0) is 4.79 Å². The van der Waals surface area contributed by atoms with E-state index >= 15 is 0 Å². The summed E-state index contributed by atoms with van der Waals surface area (Å²) in [6.07, 6.45) is 8.20. The maximum absolute atomic E-state index is 11.2. The van der Waals surface area contributed by atoms with Gasteiger partial charge in [-0.05, 0) is 12.3 Å². The molecular weight excluding hydrogens is 214 g/mol. The summed E-state index contributed by atoms with van der Waals surface area (Å²) in [5, 5.41) is 2.54. The highest BCUT2D eigenvalue weighted by atomic mass is 32.1. The Kier molecular flexibility index (Phi) is 5.48. The Morgan fingerprint density at radius 2 is 2.00 bits per heavy atom. The van der Waals surface area contributed by atoms with E-state index in [1.54, 1.807) is 0 Å². The number of carbonyl (C=O) groups excluding carboxylic acids is 1. The number of amides is 1. The highest BCUT2D eigenvalue weighted by molar-refractivity contribution is 8.11. The quantitative estimate of drug-likeness (QED) is 0.577. The van der Waals surface area contributed by atoms with Crippen molar-refractivity contribution in [2.45, 2.75) is 44.9 Å². The number of thiol groups is 1. The van der Waals surface area contributed by atoms with E-state index in [-0.39, 0.29) is 10.2 Å². The molecule has 0 aromatic rings. The van der Waals surface area contributed by atoms with Crippen LogP contribution in [0.1, 0.15) is 44.9 Å². The highest BCUT2D eigenvalue weighted by Crippen LogP contribution is 2.27. The van der Waals surface area contributed by atoms with Crippen LogP contribution < -0.4 is 5.32 Å². The molecule has 1 amide bonds. The first-order valence-electron chi connectivity index (χ1n) is 5.21. The predicted octanol–water partition coefficient (Wildman–Crippen LogP) is 2.68. The summed E-state index contributed by atoms with van der Waals surface area (Å²) in [6, 6.07) is 0. The van der Waals surface area contributed by atoms with Gasteiger partial charge in [-0.15, -0.1) is 12.6 Å². The zero-order valence-corrected chi connectivity index (χ0v) is 10.0. The minimum absolute atomic E-state index is 0.00979. The van der Waals surface area contributed by atoms with E-state index in [2.05, 4.69) is 30.2 Å². The molecule has 1 aliphatic carbocycles. The summed E-state index contributed by atoms with van der Waals surface area (Å²) in [4.78, 5) is 11.2. The summed E-state index contributed by atoms with van der Waals surface area (Å²) < 4.78 is 0.277. The van der Waals surface area contributed by atoms with Crippen LogP contribution in [-0.4, -0.2) is 10.2 Å². The van der Waals surface area contributed by atoms with E-state index < -0.39 is 0 Å². The van der Waals surface area contributed by atoms with E-state index in [1.807, 2.05) is 0 Å². The predicted molar refractivity (Wildman–Crippen MR) is 65.5 cm³/mol.